The largest absolute Gasteiger partial charge is 0.489 e. The van der Waals surface area contributed by atoms with Crippen LogP contribution >= 0.6 is 11.8 Å². The number of thioether (sulfide) groups is 1. The number of carbonyl (C=O) groups is 2. The predicted octanol–water partition coefficient (Wildman–Crippen LogP) is 4.74. The van der Waals surface area contributed by atoms with Crippen molar-refractivity contribution in [2.75, 3.05) is 7.11 Å². The van der Waals surface area contributed by atoms with Crippen molar-refractivity contribution in [1.82, 2.24) is 5.32 Å². The predicted molar refractivity (Wildman–Crippen MR) is 137 cm³/mol. The number of hydrogen-bond acceptors (Lipinski definition) is 7. The molecule has 4 rings (SSSR count). The lowest BCUT2D eigenvalue weighted by molar-refractivity contribution is -0.135. The smallest absolute Gasteiger partial charge is 0.331 e. The van der Waals surface area contributed by atoms with Crippen LogP contribution in [0.4, 0.5) is 8.78 Å². The number of esters is 1. The summed E-state index contributed by atoms with van der Waals surface area (Å²) in [4.78, 5) is 23.4. The van der Waals surface area contributed by atoms with Gasteiger partial charge in [-0.15, -0.1) is 5.10 Å². The van der Waals surface area contributed by atoms with E-state index in [0.717, 1.165) is 29.0 Å². The molecule has 0 unspecified atom stereocenters. The highest BCUT2D eigenvalue weighted by molar-refractivity contribution is 8.18. The standard InChI is InChI=1S/C27H21F2N3O4S/c1-35-25(33)14-24-26(34)31-27(37-24)32-30-15-18-8-9-23(36-16-19-5-3-7-22(29)13-19)20(11-18)10-17-4-2-6-21(28)12-17/h2-9,11-15H,10,16H2,1H3,(H,31,32,34)/b24-14+,30-15?. The Balaban J connectivity index is 1.53. The van der Waals surface area contributed by atoms with E-state index in [1.165, 1.54) is 37.6 Å². The molecule has 1 heterocycles. The second-order valence-corrected chi connectivity index (χ2v) is 8.86. The molecule has 3 aromatic rings. The molecule has 37 heavy (non-hydrogen) atoms. The van der Waals surface area contributed by atoms with Gasteiger partial charge in [0.1, 0.15) is 24.0 Å². The molecule has 1 fully saturated rings. The van der Waals surface area contributed by atoms with E-state index in [1.807, 2.05) is 12.1 Å². The fraction of sp³-hybridized carbons (Fsp3) is 0.111. The fourth-order valence-corrected chi connectivity index (χ4v) is 4.14. The van der Waals surface area contributed by atoms with Crippen LogP contribution in [0.25, 0.3) is 0 Å². The number of methoxy groups -OCH3 is 1. The minimum absolute atomic E-state index is 0.151. The van der Waals surface area contributed by atoms with Crippen molar-refractivity contribution in [2.24, 2.45) is 10.2 Å². The van der Waals surface area contributed by atoms with Gasteiger partial charge >= 0.3 is 5.97 Å². The molecule has 1 amide bonds. The number of ether oxygens (including phenoxy) is 2. The number of amides is 1. The summed E-state index contributed by atoms with van der Waals surface area (Å²) >= 11 is 0.965. The van der Waals surface area contributed by atoms with Crippen LogP contribution < -0.4 is 10.1 Å². The number of benzene rings is 3. The lowest BCUT2D eigenvalue weighted by Crippen LogP contribution is -2.19. The fourth-order valence-electron chi connectivity index (χ4n) is 3.40. The Labute approximate surface area is 215 Å². The molecule has 7 nitrogen and oxygen atoms in total. The van der Waals surface area contributed by atoms with Crippen molar-refractivity contribution < 1.29 is 27.8 Å². The Morgan fingerprint density at radius 2 is 1.76 bits per heavy atom. The topological polar surface area (TPSA) is 89.3 Å². The maximum atomic E-state index is 13.8. The molecule has 1 N–H and O–H groups in total. The van der Waals surface area contributed by atoms with Crippen molar-refractivity contribution >= 4 is 35.0 Å². The van der Waals surface area contributed by atoms with Crippen LogP contribution in [-0.2, 0) is 27.4 Å². The first kappa shape index (κ1) is 25.8. The minimum atomic E-state index is -0.645. The van der Waals surface area contributed by atoms with Crippen molar-refractivity contribution in [3.63, 3.8) is 0 Å². The van der Waals surface area contributed by atoms with Gasteiger partial charge in [-0.25, -0.2) is 13.6 Å². The summed E-state index contributed by atoms with van der Waals surface area (Å²) in [6.45, 7) is 0.160. The van der Waals surface area contributed by atoms with E-state index in [9.17, 15) is 18.4 Å². The minimum Gasteiger partial charge on any atom is -0.489 e. The molecule has 0 aromatic heterocycles. The van der Waals surface area contributed by atoms with Gasteiger partial charge in [-0.1, -0.05) is 24.3 Å². The van der Waals surface area contributed by atoms with Crippen molar-refractivity contribution in [1.29, 1.82) is 0 Å². The Hall–Kier alpha value is -4.31. The highest BCUT2D eigenvalue weighted by Crippen LogP contribution is 2.25. The van der Waals surface area contributed by atoms with E-state index < -0.39 is 11.9 Å². The van der Waals surface area contributed by atoms with Gasteiger partial charge in [0.05, 0.1) is 18.2 Å². The maximum Gasteiger partial charge on any atom is 0.331 e. The lowest BCUT2D eigenvalue weighted by Gasteiger charge is -2.13. The van der Waals surface area contributed by atoms with Gasteiger partial charge in [0.15, 0.2) is 5.17 Å². The van der Waals surface area contributed by atoms with Crippen molar-refractivity contribution in [3.05, 3.63) is 112 Å². The van der Waals surface area contributed by atoms with Gasteiger partial charge in [-0.05, 0) is 76.5 Å². The van der Waals surface area contributed by atoms with Gasteiger partial charge in [0.25, 0.3) is 5.91 Å². The molecule has 0 spiro atoms. The zero-order valence-corrected chi connectivity index (χ0v) is 20.4. The van der Waals surface area contributed by atoms with E-state index in [4.69, 9.17) is 4.74 Å². The van der Waals surface area contributed by atoms with E-state index in [0.29, 0.717) is 23.3 Å². The molecule has 0 bridgehead atoms. The van der Waals surface area contributed by atoms with E-state index in [2.05, 4.69) is 20.3 Å². The van der Waals surface area contributed by atoms with E-state index in [-0.39, 0.29) is 28.3 Å². The molecule has 0 saturated carbocycles. The van der Waals surface area contributed by atoms with Gasteiger partial charge in [-0.3, -0.25) is 10.1 Å². The molecule has 1 aliphatic heterocycles. The van der Waals surface area contributed by atoms with Crippen LogP contribution in [0.2, 0.25) is 0 Å². The van der Waals surface area contributed by atoms with Crippen molar-refractivity contribution in [2.45, 2.75) is 13.0 Å². The van der Waals surface area contributed by atoms with Crippen LogP contribution in [0, 0.1) is 11.6 Å². The zero-order chi connectivity index (χ0) is 26.2. The Kier molecular flexibility index (Phi) is 8.42. The summed E-state index contributed by atoms with van der Waals surface area (Å²) < 4.78 is 37.8. The SMILES string of the molecule is COC(=O)/C=C1/S/C(=N\N=Cc2ccc(OCc3cccc(F)c3)c(Cc3cccc(F)c3)c2)NC1=O. The van der Waals surface area contributed by atoms with Crippen molar-refractivity contribution in [3.8, 4) is 5.75 Å². The van der Waals surface area contributed by atoms with E-state index >= 15 is 0 Å². The molecule has 188 valence electrons. The number of nitrogens with zero attached hydrogens (tertiary/aromatic N) is 2. The second kappa shape index (κ2) is 12.1. The van der Waals surface area contributed by atoms with Gasteiger partial charge in [0.2, 0.25) is 0 Å². The zero-order valence-electron chi connectivity index (χ0n) is 19.6. The normalized spacial score (nSPS) is 15.4. The molecule has 3 aromatic carbocycles. The quantitative estimate of drug-likeness (QED) is 0.200. The third-order valence-electron chi connectivity index (χ3n) is 5.11. The molecule has 0 aliphatic carbocycles. The first-order valence-electron chi connectivity index (χ1n) is 11.0. The molecule has 0 atom stereocenters. The highest BCUT2D eigenvalue weighted by Gasteiger charge is 2.25. The summed E-state index contributed by atoms with van der Waals surface area (Å²) in [5, 5.41) is 10.8. The van der Waals surface area contributed by atoms with Crippen LogP contribution in [0.5, 0.6) is 5.75 Å². The summed E-state index contributed by atoms with van der Waals surface area (Å²) in [6.07, 6.45) is 2.96. The first-order valence-corrected chi connectivity index (χ1v) is 11.9. The average molecular weight is 522 g/mol. The number of nitrogens with one attached hydrogen (secondary N) is 1. The maximum absolute atomic E-state index is 13.8. The Morgan fingerprint density at radius 3 is 2.49 bits per heavy atom. The second-order valence-electron chi connectivity index (χ2n) is 7.83. The summed E-state index contributed by atoms with van der Waals surface area (Å²) in [7, 11) is 1.22. The lowest BCUT2D eigenvalue weighted by atomic mass is 10.0. The third kappa shape index (κ3) is 7.34. The van der Waals surface area contributed by atoms with Crippen LogP contribution in [0.1, 0.15) is 22.3 Å². The number of carbonyl (C=O) groups excluding carboxylic acids is 2. The number of hydrogen-bond donors (Lipinski definition) is 1. The molecular weight excluding hydrogens is 500 g/mol. The summed E-state index contributed by atoms with van der Waals surface area (Å²) in [5.41, 5.74) is 2.88. The van der Waals surface area contributed by atoms with Crippen LogP contribution in [0.15, 0.2) is 87.9 Å². The molecule has 1 saturated heterocycles. The van der Waals surface area contributed by atoms with Crippen LogP contribution in [0.3, 0.4) is 0 Å². The third-order valence-corrected chi connectivity index (χ3v) is 6.01. The Morgan fingerprint density at radius 1 is 1.03 bits per heavy atom. The first-order chi connectivity index (χ1) is 17.9. The van der Waals surface area contributed by atoms with Gasteiger partial charge < -0.3 is 9.47 Å². The Bertz CT molecular complexity index is 1420. The molecular formula is C27H21F2N3O4S. The average Bonchev–Trinajstić information content (AvgIpc) is 3.22. The monoisotopic (exact) mass is 521 g/mol. The van der Waals surface area contributed by atoms with E-state index in [1.54, 1.807) is 30.3 Å². The number of rotatable bonds is 8. The molecule has 1 aliphatic rings. The molecule has 0 radical (unpaired) electrons. The van der Waals surface area contributed by atoms with Gasteiger partial charge in [-0.2, -0.15) is 5.10 Å². The number of amidine groups is 1. The van der Waals surface area contributed by atoms with Gasteiger partial charge in [0, 0.05) is 12.5 Å². The summed E-state index contributed by atoms with van der Waals surface area (Å²) in [6, 6.07) is 17.8. The number of halogens is 2. The molecule has 10 heteroatoms. The van der Waals surface area contributed by atoms with Crippen LogP contribution in [-0.4, -0.2) is 30.4 Å². The highest BCUT2D eigenvalue weighted by atomic mass is 32.2. The summed E-state index contributed by atoms with van der Waals surface area (Å²) in [5.74, 6) is -1.24.